The highest BCUT2D eigenvalue weighted by Gasteiger charge is 2.21. The number of anilines is 2. The van der Waals surface area contributed by atoms with Crippen molar-refractivity contribution in [2.45, 2.75) is 32.1 Å². The van der Waals surface area contributed by atoms with Crippen LogP contribution >= 0.6 is 11.6 Å². The molecule has 3 aromatic rings. The Hall–Kier alpha value is -2.83. The zero-order chi connectivity index (χ0) is 21.9. The standard InChI is InChI=1S/C23H23ClN2O3S/c1-4-17-7-5-6-8-21(17)25-23(27)18-10-12-20(24)22(14-18)30(28,29)26-19-11-9-15(2)16(3)13-19/h5-14,26H,4H2,1-3H3,(H,25,27). The van der Waals surface area contributed by atoms with Crippen LogP contribution in [-0.2, 0) is 16.4 Å². The lowest BCUT2D eigenvalue weighted by Crippen LogP contribution is -2.17. The fraction of sp³-hybridized carbons (Fsp3) is 0.174. The Bertz CT molecular complexity index is 1210. The van der Waals surface area contributed by atoms with Crippen LogP contribution < -0.4 is 10.0 Å². The zero-order valence-electron chi connectivity index (χ0n) is 17.0. The molecular formula is C23H23ClN2O3S. The summed E-state index contributed by atoms with van der Waals surface area (Å²) in [5.74, 6) is -0.407. The van der Waals surface area contributed by atoms with Crippen LogP contribution in [0.2, 0.25) is 5.02 Å². The molecule has 3 aromatic carbocycles. The molecule has 0 aliphatic heterocycles. The van der Waals surface area contributed by atoms with Crippen LogP contribution in [0.15, 0.2) is 65.6 Å². The first kappa shape index (κ1) is 21.9. The van der Waals surface area contributed by atoms with Gasteiger partial charge in [-0.25, -0.2) is 8.42 Å². The van der Waals surface area contributed by atoms with Crippen molar-refractivity contribution < 1.29 is 13.2 Å². The van der Waals surface area contributed by atoms with E-state index in [0.717, 1.165) is 23.1 Å². The van der Waals surface area contributed by atoms with Crippen molar-refractivity contribution in [3.63, 3.8) is 0 Å². The van der Waals surface area contributed by atoms with Crippen LogP contribution in [-0.4, -0.2) is 14.3 Å². The van der Waals surface area contributed by atoms with Crippen molar-refractivity contribution in [3.8, 4) is 0 Å². The summed E-state index contributed by atoms with van der Waals surface area (Å²) < 4.78 is 28.4. The molecule has 0 spiro atoms. The Labute approximate surface area is 182 Å². The van der Waals surface area contributed by atoms with Gasteiger partial charge in [0.1, 0.15) is 4.90 Å². The molecule has 30 heavy (non-hydrogen) atoms. The molecule has 0 saturated heterocycles. The number of carbonyl (C=O) groups is 1. The van der Waals surface area contributed by atoms with Crippen molar-refractivity contribution in [1.29, 1.82) is 0 Å². The topological polar surface area (TPSA) is 75.3 Å². The molecule has 0 unspecified atom stereocenters. The van der Waals surface area contributed by atoms with E-state index >= 15 is 0 Å². The molecule has 7 heteroatoms. The lowest BCUT2D eigenvalue weighted by Gasteiger charge is -2.13. The quantitative estimate of drug-likeness (QED) is 0.523. The molecule has 3 rings (SSSR count). The average molecular weight is 443 g/mol. The second-order valence-electron chi connectivity index (χ2n) is 7.01. The number of sulfonamides is 1. The third kappa shape index (κ3) is 4.83. The summed E-state index contributed by atoms with van der Waals surface area (Å²) in [6, 6.07) is 17.0. The van der Waals surface area contributed by atoms with E-state index < -0.39 is 15.9 Å². The number of hydrogen-bond acceptors (Lipinski definition) is 3. The molecular weight excluding hydrogens is 420 g/mol. The van der Waals surface area contributed by atoms with E-state index in [9.17, 15) is 13.2 Å². The summed E-state index contributed by atoms with van der Waals surface area (Å²) in [6.45, 7) is 5.85. The van der Waals surface area contributed by atoms with Crippen LogP contribution in [0.1, 0.15) is 34.0 Å². The van der Waals surface area contributed by atoms with Gasteiger partial charge in [0.05, 0.1) is 5.02 Å². The monoisotopic (exact) mass is 442 g/mol. The second kappa shape index (κ2) is 8.90. The highest BCUT2D eigenvalue weighted by atomic mass is 35.5. The van der Waals surface area contributed by atoms with Crippen LogP contribution in [0, 0.1) is 13.8 Å². The fourth-order valence-electron chi connectivity index (χ4n) is 3.01. The minimum absolute atomic E-state index is 0.0387. The summed E-state index contributed by atoms with van der Waals surface area (Å²) in [7, 11) is -3.98. The van der Waals surface area contributed by atoms with Gasteiger partial charge in [0, 0.05) is 16.9 Å². The Morgan fingerprint density at radius 1 is 0.967 bits per heavy atom. The first-order chi connectivity index (χ1) is 14.2. The maximum atomic E-state index is 12.9. The van der Waals surface area contributed by atoms with E-state index in [1.165, 1.54) is 18.2 Å². The number of carbonyl (C=O) groups excluding carboxylic acids is 1. The van der Waals surface area contributed by atoms with Crippen LogP contribution in [0.4, 0.5) is 11.4 Å². The molecule has 5 nitrogen and oxygen atoms in total. The Morgan fingerprint density at radius 3 is 2.40 bits per heavy atom. The predicted octanol–water partition coefficient (Wildman–Crippen LogP) is 5.57. The first-order valence-electron chi connectivity index (χ1n) is 9.50. The highest BCUT2D eigenvalue weighted by Crippen LogP contribution is 2.26. The number of benzene rings is 3. The molecule has 2 N–H and O–H groups in total. The summed E-state index contributed by atoms with van der Waals surface area (Å²) in [6.07, 6.45) is 0.761. The van der Waals surface area contributed by atoms with Crippen molar-refractivity contribution in [3.05, 3.63) is 87.9 Å². The molecule has 0 atom stereocenters. The van der Waals surface area contributed by atoms with Gasteiger partial charge in [0.25, 0.3) is 15.9 Å². The molecule has 0 aliphatic rings. The zero-order valence-corrected chi connectivity index (χ0v) is 18.6. The lowest BCUT2D eigenvalue weighted by molar-refractivity contribution is 0.102. The molecule has 156 valence electrons. The Balaban J connectivity index is 1.90. The average Bonchev–Trinajstić information content (AvgIpc) is 2.71. The smallest absolute Gasteiger partial charge is 0.263 e. The van der Waals surface area contributed by atoms with Crippen molar-refractivity contribution in [1.82, 2.24) is 0 Å². The first-order valence-corrected chi connectivity index (χ1v) is 11.4. The SMILES string of the molecule is CCc1ccccc1NC(=O)c1ccc(Cl)c(S(=O)(=O)Nc2ccc(C)c(C)c2)c1. The normalized spacial score (nSPS) is 11.2. The fourth-order valence-corrected chi connectivity index (χ4v) is 4.59. The van der Waals surface area contributed by atoms with Gasteiger partial charge in [-0.1, -0.05) is 42.8 Å². The van der Waals surface area contributed by atoms with Gasteiger partial charge >= 0.3 is 0 Å². The minimum atomic E-state index is -3.98. The molecule has 0 radical (unpaired) electrons. The minimum Gasteiger partial charge on any atom is -0.322 e. The van der Waals surface area contributed by atoms with Crippen molar-refractivity contribution in [2.24, 2.45) is 0 Å². The van der Waals surface area contributed by atoms with E-state index in [2.05, 4.69) is 10.0 Å². The van der Waals surface area contributed by atoms with Crippen molar-refractivity contribution in [2.75, 3.05) is 10.0 Å². The van der Waals surface area contributed by atoms with E-state index in [4.69, 9.17) is 11.6 Å². The van der Waals surface area contributed by atoms with Gasteiger partial charge in [-0.05, 0) is 73.4 Å². The summed E-state index contributed by atoms with van der Waals surface area (Å²) in [5, 5.41) is 2.88. The van der Waals surface area contributed by atoms with Gasteiger partial charge in [-0.3, -0.25) is 9.52 Å². The largest absolute Gasteiger partial charge is 0.322 e. The van der Waals surface area contributed by atoms with Gasteiger partial charge < -0.3 is 5.32 Å². The Kier molecular flexibility index (Phi) is 6.48. The molecule has 0 bridgehead atoms. The van der Waals surface area contributed by atoms with Crippen LogP contribution in [0.5, 0.6) is 0 Å². The van der Waals surface area contributed by atoms with Gasteiger partial charge in [0.15, 0.2) is 0 Å². The number of aryl methyl sites for hydroxylation is 3. The highest BCUT2D eigenvalue weighted by molar-refractivity contribution is 7.92. The van der Waals surface area contributed by atoms with Crippen molar-refractivity contribution >= 4 is 38.9 Å². The summed E-state index contributed by atoms with van der Waals surface area (Å²) in [4.78, 5) is 12.6. The number of amides is 1. The summed E-state index contributed by atoms with van der Waals surface area (Å²) in [5.41, 5.74) is 4.33. The van der Waals surface area contributed by atoms with E-state index in [1.807, 2.05) is 51.1 Å². The van der Waals surface area contributed by atoms with Crippen LogP contribution in [0.3, 0.4) is 0 Å². The predicted molar refractivity (Wildman–Crippen MR) is 122 cm³/mol. The lowest BCUT2D eigenvalue weighted by atomic mass is 10.1. The Morgan fingerprint density at radius 2 is 1.70 bits per heavy atom. The number of hydrogen-bond donors (Lipinski definition) is 2. The summed E-state index contributed by atoms with van der Waals surface area (Å²) >= 11 is 6.17. The molecule has 0 saturated carbocycles. The second-order valence-corrected chi connectivity index (χ2v) is 9.07. The maximum absolute atomic E-state index is 12.9. The molecule has 0 fully saturated rings. The third-order valence-electron chi connectivity index (χ3n) is 4.89. The van der Waals surface area contributed by atoms with E-state index in [1.54, 1.807) is 12.1 Å². The molecule has 0 aromatic heterocycles. The number of halogens is 1. The van der Waals surface area contributed by atoms with Gasteiger partial charge in [-0.15, -0.1) is 0 Å². The molecule has 0 aliphatic carbocycles. The van der Waals surface area contributed by atoms with E-state index in [-0.39, 0.29) is 15.5 Å². The number of para-hydroxylation sites is 1. The maximum Gasteiger partial charge on any atom is 0.263 e. The molecule has 0 heterocycles. The van der Waals surface area contributed by atoms with E-state index in [0.29, 0.717) is 11.4 Å². The van der Waals surface area contributed by atoms with Crippen LogP contribution in [0.25, 0.3) is 0 Å². The third-order valence-corrected chi connectivity index (χ3v) is 6.75. The number of rotatable bonds is 6. The van der Waals surface area contributed by atoms with Gasteiger partial charge in [-0.2, -0.15) is 0 Å². The van der Waals surface area contributed by atoms with Gasteiger partial charge in [0.2, 0.25) is 0 Å². The number of nitrogens with one attached hydrogen (secondary N) is 2. The molecule has 1 amide bonds.